The fourth-order valence-electron chi connectivity index (χ4n) is 2.08. The van der Waals surface area contributed by atoms with Crippen molar-refractivity contribution < 1.29 is 38.9 Å². The van der Waals surface area contributed by atoms with Gasteiger partial charge in [0.2, 0.25) is 0 Å². The van der Waals surface area contributed by atoms with Crippen molar-refractivity contribution in [3.8, 4) is 0 Å². The summed E-state index contributed by atoms with van der Waals surface area (Å²) >= 11 is 0. The SMILES string of the molecule is Nc1cccc2c(S(=O)(=O)O)cc(S(=O)(=O)O)c(S(=O)(=O)O)c12. The van der Waals surface area contributed by atoms with Gasteiger partial charge in [-0.3, -0.25) is 13.7 Å². The molecule has 0 aliphatic heterocycles. The Morgan fingerprint density at radius 3 is 1.74 bits per heavy atom. The lowest BCUT2D eigenvalue weighted by Crippen LogP contribution is -2.13. The normalized spacial score (nSPS) is 13.3. The van der Waals surface area contributed by atoms with Gasteiger partial charge < -0.3 is 5.73 Å². The van der Waals surface area contributed by atoms with E-state index in [9.17, 15) is 34.4 Å². The molecule has 0 aliphatic carbocycles. The van der Waals surface area contributed by atoms with Crippen molar-refractivity contribution >= 4 is 46.8 Å². The fourth-order valence-corrected chi connectivity index (χ4v) is 4.90. The average molecular weight is 383 g/mol. The first-order valence-corrected chi connectivity index (χ1v) is 9.84. The van der Waals surface area contributed by atoms with Crippen LogP contribution in [0.4, 0.5) is 5.69 Å². The molecule has 0 fully saturated rings. The Balaban J connectivity index is 3.36. The fraction of sp³-hybridized carbons (Fsp3) is 0. The number of hydrogen-bond donors (Lipinski definition) is 4. The average Bonchev–Trinajstić information content (AvgIpc) is 2.33. The van der Waals surface area contributed by atoms with Gasteiger partial charge in [-0.2, -0.15) is 25.3 Å². The second kappa shape index (κ2) is 5.12. The Morgan fingerprint density at radius 2 is 1.30 bits per heavy atom. The predicted molar refractivity (Wildman–Crippen MR) is 77.8 cm³/mol. The molecular formula is C10H9NO9S3. The largest absolute Gasteiger partial charge is 0.398 e. The second-order valence-electron chi connectivity index (χ2n) is 4.40. The van der Waals surface area contributed by atoms with Crippen molar-refractivity contribution in [1.29, 1.82) is 0 Å². The maximum absolute atomic E-state index is 11.5. The molecule has 0 atom stereocenters. The van der Waals surface area contributed by atoms with E-state index in [1.807, 2.05) is 0 Å². The zero-order chi connectivity index (χ0) is 17.8. The Kier molecular flexibility index (Phi) is 3.91. The zero-order valence-electron chi connectivity index (χ0n) is 10.9. The Labute approximate surface area is 130 Å². The number of nitrogens with two attached hydrogens (primary N) is 1. The third-order valence-corrected chi connectivity index (χ3v) is 5.73. The summed E-state index contributed by atoms with van der Waals surface area (Å²) in [7, 11) is -15.5. The minimum atomic E-state index is -5.28. The van der Waals surface area contributed by atoms with Crippen LogP contribution in [0.2, 0.25) is 0 Å². The summed E-state index contributed by atoms with van der Waals surface area (Å²) < 4.78 is 96.4. The molecule has 0 unspecified atom stereocenters. The molecule has 0 aliphatic rings. The van der Waals surface area contributed by atoms with Gasteiger partial charge in [-0.05, 0) is 12.1 Å². The summed E-state index contributed by atoms with van der Waals surface area (Å²) in [5.74, 6) is 0. The second-order valence-corrected chi connectivity index (χ2v) is 8.54. The highest BCUT2D eigenvalue weighted by atomic mass is 32.2. The molecule has 2 aromatic rings. The molecule has 2 rings (SSSR count). The van der Waals surface area contributed by atoms with Crippen LogP contribution in [0, 0.1) is 0 Å². The standard InChI is InChI=1S/C10H9NO9S3/c11-6-3-1-2-5-7(21(12,13)14)4-8(22(15,16)17)10(9(5)6)23(18,19)20/h1-4H,11H2,(H,12,13,14)(H,15,16,17)(H,18,19,20). The van der Waals surface area contributed by atoms with Crippen molar-refractivity contribution in [2.24, 2.45) is 0 Å². The van der Waals surface area contributed by atoms with E-state index in [1.54, 1.807) is 0 Å². The number of hydrogen-bond acceptors (Lipinski definition) is 7. The van der Waals surface area contributed by atoms with Crippen LogP contribution < -0.4 is 5.73 Å². The van der Waals surface area contributed by atoms with Gasteiger partial charge in [0, 0.05) is 16.5 Å². The molecule has 13 heteroatoms. The molecule has 23 heavy (non-hydrogen) atoms. The molecule has 0 spiro atoms. The van der Waals surface area contributed by atoms with E-state index < -0.39 is 61.5 Å². The summed E-state index contributed by atoms with van der Waals surface area (Å²) in [5.41, 5.74) is 5.15. The Hall–Kier alpha value is -1.77. The summed E-state index contributed by atoms with van der Waals surface area (Å²) in [6.07, 6.45) is 0. The number of anilines is 1. The molecule has 5 N–H and O–H groups in total. The van der Waals surface area contributed by atoms with Crippen molar-refractivity contribution in [3.05, 3.63) is 24.3 Å². The van der Waals surface area contributed by atoms with E-state index >= 15 is 0 Å². The summed E-state index contributed by atoms with van der Waals surface area (Å²) in [6.45, 7) is 0. The number of nitrogen functional groups attached to an aromatic ring is 1. The van der Waals surface area contributed by atoms with Crippen molar-refractivity contribution in [2.75, 3.05) is 5.73 Å². The van der Waals surface area contributed by atoms with Crippen molar-refractivity contribution in [3.63, 3.8) is 0 Å². The molecule has 10 nitrogen and oxygen atoms in total. The summed E-state index contributed by atoms with van der Waals surface area (Å²) in [5, 5.41) is -1.12. The van der Waals surface area contributed by atoms with Crippen LogP contribution in [0.5, 0.6) is 0 Å². The monoisotopic (exact) mass is 383 g/mol. The smallest absolute Gasteiger partial charge is 0.296 e. The molecule has 0 heterocycles. The molecule has 2 aromatic carbocycles. The van der Waals surface area contributed by atoms with Gasteiger partial charge in [0.15, 0.2) is 0 Å². The quantitative estimate of drug-likeness (QED) is 0.419. The first-order chi connectivity index (χ1) is 10.2. The van der Waals surface area contributed by atoms with Crippen LogP contribution in [0.3, 0.4) is 0 Å². The maximum atomic E-state index is 11.5. The van der Waals surface area contributed by atoms with E-state index in [-0.39, 0.29) is 6.07 Å². The molecule has 0 bridgehead atoms. The minimum absolute atomic E-state index is 0.218. The highest BCUT2D eigenvalue weighted by Crippen LogP contribution is 2.37. The molecule has 0 radical (unpaired) electrons. The predicted octanol–water partition coefficient (Wildman–Crippen LogP) is 0.162. The van der Waals surface area contributed by atoms with Crippen LogP contribution in [-0.2, 0) is 30.4 Å². The number of fused-ring (bicyclic) bond motifs is 1. The molecule has 0 saturated heterocycles. The zero-order valence-corrected chi connectivity index (χ0v) is 13.4. The molecule has 0 aromatic heterocycles. The Bertz CT molecular complexity index is 1130. The number of benzene rings is 2. The van der Waals surface area contributed by atoms with Crippen molar-refractivity contribution in [1.82, 2.24) is 0 Å². The minimum Gasteiger partial charge on any atom is -0.398 e. The lowest BCUT2D eigenvalue weighted by molar-refractivity contribution is 0.466. The Morgan fingerprint density at radius 1 is 0.783 bits per heavy atom. The molecule has 0 amide bonds. The third kappa shape index (κ3) is 3.15. The van der Waals surface area contributed by atoms with E-state index in [0.29, 0.717) is 0 Å². The topological polar surface area (TPSA) is 189 Å². The lowest BCUT2D eigenvalue weighted by Gasteiger charge is -2.13. The van der Waals surface area contributed by atoms with Gasteiger partial charge >= 0.3 is 0 Å². The van der Waals surface area contributed by atoms with Gasteiger partial charge in [0.25, 0.3) is 30.4 Å². The van der Waals surface area contributed by atoms with Crippen LogP contribution in [-0.4, -0.2) is 38.9 Å². The third-order valence-electron chi connectivity index (χ3n) is 2.89. The molecule has 0 saturated carbocycles. The van der Waals surface area contributed by atoms with Crippen LogP contribution in [0.25, 0.3) is 10.8 Å². The summed E-state index contributed by atoms with van der Waals surface area (Å²) in [4.78, 5) is -3.72. The van der Waals surface area contributed by atoms with Gasteiger partial charge in [0.05, 0.1) is 0 Å². The van der Waals surface area contributed by atoms with Gasteiger partial charge in [-0.15, -0.1) is 0 Å². The highest BCUT2D eigenvalue weighted by molar-refractivity contribution is 7.89. The maximum Gasteiger partial charge on any atom is 0.296 e. The number of rotatable bonds is 3. The van der Waals surface area contributed by atoms with Gasteiger partial charge in [-0.25, -0.2) is 0 Å². The molecule has 126 valence electrons. The first-order valence-electron chi connectivity index (χ1n) is 5.52. The van der Waals surface area contributed by atoms with Crippen molar-refractivity contribution in [2.45, 2.75) is 14.7 Å². The van der Waals surface area contributed by atoms with Gasteiger partial charge in [0.1, 0.15) is 14.7 Å². The van der Waals surface area contributed by atoms with Gasteiger partial charge in [-0.1, -0.05) is 12.1 Å². The van der Waals surface area contributed by atoms with Crippen LogP contribution in [0.15, 0.2) is 39.0 Å². The van der Waals surface area contributed by atoms with Crippen LogP contribution in [0.1, 0.15) is 0 Å². The van der Waals surface area contributed by atoms with E-state index in [1.165, 1.54) is 6.07 Å². The van der Waals surface area contributed by atoms with E-state index in [0.717, 1.165) is 12.1 Å². The van der Waals surface area contributed by atoms with Crippen LogP contribution >= 0.6 is 0 Å². The summed E-state index contributed by atoms with van der Waals surface area (Å²) in [6, 6.07) is 3.58. The highest BCUT2D eigenvalue weighted by Gasteiger charge is 2.31. The van der Waals surface area contributed by atoms with E-state index in [4.69, 9.17) is 10.3 Å². The lowest BCUT2D eigenvalue weighted by atomic mass is 10.1. The first kappa shape index (κ1) is 17.6. The van der Waals surface area contributed by atoms with E-state index in [2.05, 4.69) is 0 Å². The molecular weight excluding hydrogens is 374 g/mol.